The Kier molecular flexibility index (Phi) is 5.84. The van der Waals surface area contributed by atoms with Crippen molar-refractivity contribution in [3.8, 4) is 0 Å². The first kappa shape index (κ1) is 14.4. The molecule has 0 radical (unpaired) electrons. The summed E-state index contributed by atoms with van der Waals surface area (Å²) in [5, 5.41) is 23.7. The number of aromatic amines is 1. The molecule has 2 N–H and O–H groups in total. The zero-order chi connectivity index (χ0) is 12.7. The third kappa shape index (κ3) is 3.16. The number of aliphatic imine (C=N–C) groups is 1. The van der Waals surface area contributed by atoms with E-state index in [9.17, 15) is 0 Å². The molecule has 0 unspecified atom stereocenters. The topological polar surface area (TPSA) is 74.2 Å². The van der Waals surface area contributed by atoms with E-state index in [0.29, 0.717) is 6.54 Å². The maximum atomic E-state index is 8.72. The van der Waals surface area contributed by atoms with Crippen molar-refractivity contribution in [2.75, 3.05) is 13.2 Å². The van der Waals surface area contributed by atoms with Gasteiger partial charge in [-0.05, 0) is 0 Å². The van der Waals surface area contributed by atoms with E-state index in [-0.39, 0.29) is 6.61 Å². The van der Waals surface area contributed by atoms with Crippen molar-refractivity contribution in [2.45, 2.75) is 36.5 Å². The normalized spacial score (nSPS) is 12.5. The van der Waals surface area contributed by atoms with E-state index >= 15 is 0 Å². The molecule has 0 bridgehead atoms. The number of aromatic nitrogens is 3. The van der Waals surface area contributed by atoms with Crippen molar-refractivity contribution in [2.24, 2.45) is 4.99 Å². The van der Waals surface area contributed by atoms with Crippen LogP contribution in [-0.4, -0.2) is 53.1 Å². The Morgan fingerprint density at radius 2 is 1.88 bits per heavy atom. The van der Waals surface area contributed by atoms with Gasteiger partial charge in [0.2, 0.25) is 0 Å². The van der Waals surface area contributed by atoms with Crippen LogP contribution in [0.15, 0.2) is 4.99 Å². The average molecular weight is 299 g/mol. The molecule has 0 fully saturated rings. The molecule has 0 atom stereocenters. The number of aliphatic hydroxyl groups excluding tert-OH is 1. The fraction of sp³-hybridized carbons (Fsp3) is 0.727. The molecule has 5 nitrogen and oxygen atoms in total. The van der Waals surface area contributed by atoms with Crippen molar-refractivity contribution in [1.29, 1.82) is 0 Å². The summed E-state index contributed by atoms with van der Waals surface area (Å²) < 4.78 is 1.18. The summed E-state index contributed by atoms with van der Waals surface area (Å²) >= 11 is -2.06. The maximum absolute atomic E-state index is 8.72. The third-order valence-electron chi connectivity index (χ3n) is 3.55. The van der Waals surface area contributed by atoms with Crippen LogP contribution in [0.25, 0.3) is 0 Å². The molecule has 0 aliphatic heterocycles. The van der Waals surface area contributed by atoms with Crippen LogP contribution in [-0.2, 0) is 0 Å². The van der Waals surface area contributed by atoms with Gasteiger partial charge in [0.05, 0.1) is 0 Å². The Morgan fingerprint density at radius 3 is 2.41 bits per heavy atom. The molecule has 0 spiro atoms. The Morgan fingerprint density at radius 1 is 1.24 bits per heavy atom. The van der Waals surface area contributed by atoms with Crippen molar-refractivity contribution >= 4 is 24.0 Å². The molecule has 1 aromatic heterocycles. The Labute approximate surface area is 105 Å². The first-order valence-corrected chi connectivity index (χ1v) is 11.8. The van der Waals surface area contributed by atoms with Crippen molar-refractivity contribution < 1.29 is 5.11 Å². The molecule has 96 valence electrons. The average Bonchev–Trinajstić information content (AvgIpc) is 2.82. The van der Waals surface area contributed by atoms with E-state index in [2.05, 4.69) is 41.2 Å². The predicted molar refractivity (Wildman–Crippen MR) is 72.8 cm³/mol. The van der Waals surface area contributed by atoms with E-state index < -0.39 is 13.3 Å². The number of hydrogen-bond donors (Lipinski definition) is 2. The van der Waals surface area contributed by atoms with E-state index in [0.717, 1.165) is 5.69 Å². The van der Waals surface area contributed by atoms with Gasteiger partial charge in [0.25, 0.3) is 0 Å². The Bertz CT molecular complexity index is 352. The molecular weight excluding hydrogens is 277 g/mol. The Balaban J connectivity index is 3.00. The van der Waals surface area contributed by atoms with Crippen LogP contribution in [0.2, 0.25) is 15.8 Å². The number of hydrogen-bond acceptors (Lipinski definition) is 4. The van der Waals surface area contributed by atoms with E-state index in [1.54, 1.807) is 6.21 Å². The summed E-state index contributed by atoms with van der Waals surface area (Å²) in [5.74, 6) is 0. The van der Waals surface area contributed by atoms with Gasteiger partial charge < -0.3 is 0 Å². The quantitative estimate of drug-likeness (QED) is 0.581. The molecular formula is C11H22GeN4O. The molecule has 0 aliphatic carbocycles. The van der Waals surface area contributed by atoms with Gasteiger partial charge in [0.15, 0.2) is 0 Å². The van der Waals surface area contributed by atoms with Gasteiger partial charge in [-0.3, -0.25) is 0 Å². The minimum atomic E-state index is -2.06. The molecule has 1 rings (SSSR count). The summed E-state index contributed by atoms with van der Waals surface area (Å²) in [5.41, 5.74) is 0.879. The standard InChI is InChI=1S/C11H22GeN4O/c1-4-12(5-2,6-3)11-10(14-16-15-11)9-13-7-8-17/h9,17H,4-8H2,1-3H3,(H,14,15,16). The van der Waals surface area contributed by atoms with Crippen molar-refractivity contribution in [1.82, 2.24) is 15.4 Å². The molecule has 0 aromatic carbocycles. The summed E-state index contributed by atoms with van der Waals surface area (Å²) in [6, 6.07) is 0. The second kappa shape index (κ2) is 6.91. The van der Waals surface area contributed by atoms with E-state index in [4.69, 9.17) is 5.11 Å². The molecule has 0 saturated carbocycles. The Hall–Kier alpha value is -0.687. The molecule has 0 amide bonds. The SMILES string of the molecule is C[CH2][Ge]([CH2]C)([CH2]C)[c]1n[nH]nc1C=NCCO. The van der Waals surface area contributed by atoms with Gasteiger partial charge in [0, 0.05) is 0 Å². The summed E-state index contributed by atoms with van der Waals surface area (Å²) in [7, 11) is 0. The first-order chi connectivity index (χ1) is 8.24. The van der Waals surface area contributed by atoms with E-state index in [1.807, 2.05) is 0 Å². The summed E-state index contributed by atoms with van der Waals surface area (Å²) in [4.78, 5) is 4.14. The van der Waals surface area contributed by atoms with Crippen LogP contribution in [0, 0.1) is 0 Å². The second-order valence-corrected chi connectivity index (χ2v) is 15.0. The fourth-order valence-electron chi connectivity index (χ4n) is 2.18. The molecule has 0 saturated heterocycles. The molecule has 6 heteroatoms. The van der Waals surface area contributed by atoms with Crippen molar-refractivity contribution in [3.05, 3.63) is 5.69 Å². The number of nitrogens with one attached hydrogen (secondary N) is 1. The van der Waals surface area contributed by atoms with Gasteiger partial charge >= 0.3 is 105 Å². The van der Waals surface area contributed by atoms with Gasteiger partial charge in [-0.2, -0.15) is 0 Å². The molecule has 1 aromatic rings. The second-order valence-electron chi connectivity index (χ2n) is 4.16. The van der Waals surface area contributed by atoms with Crippen LogP contribution < -0.4 is 4.53 Å². The van der Waals surface area contributed by atoms with Gasteiger partial charge in [-0.25, -0.2) is 0 Å². The summed E-state index contributed by atoms with van der Waals surface area (Å²) in [6.45, 7) is 7.28. The van der Waals surface area contributed by atoms with Crippen LogP contribution in [0.4, 0.5) is 0 Å². The fourth-order valence-corrected chi connectivity index (χ4v) is 9.43. The van der Waals surface area contributed by atoms with Crippen molar-refractivity contribution in [3.63, 3.8) is 0 Å². The van der Waals surface area contributed by atoms with Gasteiger partial charge in [0.1, 0.15) is 0 Å². The number of nitrogens with zero attached hydrogens (tertiary/aromatic N) is 3. The van der Waals surface area contributed by atoms with Crippen LogP contribution in [0.5, 0.6) is 0 Å². The number of aliphatic hydroxyl groups is 1. The molecule has 0 aliphatic rings. The predicted octanol–water partition coefficient (Wildman–Crippen LogP) is 0.931. The summed E-state index contributed by atoms with van der Waals surface area (Å²) in [6.07, 6.45) is 1.75. The molecule has 17 heavy (non-hydrogen) atoms. The minimum absolute atomic E-state index is 0.0750. The van der Waals surface area contributed by atoms with E-state index in [1.165, 1.54) is 20.3 Å². The zero-order valence-corrected chi connectivity index (χ0v) is 13.0. The van der Waals surface area contributed by atoms with Crippen LogP contribution in [0.1, 0.15) is 26.5 Å². The monoisotopic (exact) mass is 300 g/mol. The molecule has 1 heterocycles. The zero-order valence-electron chi connectivity index (χ0n) is 10.9. The van der Waals surface area contributed by atoms with Crippen LogP contribution in [0.3, 0.4) is 0 Å². The third-order valence-corrected chi connectivity index (χ3v) is 14.9. The number of H-pyrrole nitrogens is 1. The van der Waals surface area contributed by atoms with Gasteiger partial charge in [-0.1, -0.05) is 0 Å². The van der Waals surface area contributed by atoms with Gasteiger partial charge in [-0.15, -0.1) is 0 Å². The van der Waals surface area contributed by atoms with Crippen LogP contribution >= 0.6 is 0 Å². The first-order valence-electron chi connectivity index (χ1n) is 6.26. The number of rotatable bonds is 7.